The van der Waals surface area contributed by atoms with Crippen molar-refractivity contribution >= 4 is 19.8 Å². The highest BCUT2D eigenvalue weighted by atomic mass is 31.2. The van der Waals surface area contributed by atoms with Crippen LogP contribution in [0.2, 0.25) is 0 Å². The van der Waals surface area contributed by atoms with Crippen LogP contribution in [0.15, 0.2) is 36.5 Å². The molecule has 0 fully saturated rings. The Bertz CT molecular complexity index is 1380. The molecule has 0 aromatic carbocycles. The Morgan fingerprint density at radius 1 is 0.408 bits per heavy atom. The minimum Gasteiger partial charge on any atom is -0.756 e. The van der Waals surface area contributed by atoms with Gasteiger partial charge in [-0.1, -0.05) is 294 Å². The molecule has 9 nitrogen and oxygen atoms in total. The number of phosphoric acid groups is 1. The van der Waals surface area contributed by atoms with Gasteiger partial charge in [-0.2, -0.15) is 0 Å². The number of unbranched alkanes of at least 4 members (excludes halogenated alkanes) is 41. The lowest BCUT2D eigenvalue weighted by atomic mass is 10.0. The van der Waals surface area contributed by atoms with Crippen LogP contribution in [0.4, 0.5) is 0 Å². The van der Waals surface area contributed by atoms with E-state index in [1.807, 2.05) is 21.1 Å². The molecule has 0 aliphatic heterocycles. The number of ether oxygens (including phenoxy) is 2. The van der Waals surface area contributed by atoms with Crippen molar-refractivity contribution in [3.63, 3.8) is 0 Å². The molecule has 2 atom stereocenters. The van der Waals surface area contributed by atoms with Crippen LogP contribution in [0.25, 0.3) is 0 Å². The van der Waals surface area contributed by atoms with E-state index < -0.39 is 26.5 Å². The van der Waals surface area contributed by atoms with Crippen molar-refractivity contribution in [2.24, 2.45) is 0 Å². The highest BCUT2D eigenvalue weighted by molar-refractivity contribution is 7.45. The van der Waals surface area contributed by atoms with E-state index in [0.717, 1.165) is 51.4 Å². The van der Waals surface area contributed by atoms with Crippen molar-refractivity contribution in [3.05, 3.63) is 36.5 Å². The molecule has 0 heterocycles. The number of rotatable bonds is 61. The summed E-state index contributed by atoms with van der Waals surface area (Å²) in [6.45, 7) is 4.29. The predicted molar refractivity (Wildman–Crippen MR) is 324 cm³/mol. The normalized spacial score (nSPS) is 13.4. The van der Waals surface area contributed by atoms with Gasteiger partial charge in [0, 0.05) is 12.8 Å². The summed E-state index contributed by atoms with van der Waals surface area (Å²) in [7, 11) is 1.18. The highest BCUT2D eigenvalue weighted by Crippen LogP contribution is 2.38. The van der Waals surface area contributed by atoms with E-state index in [9.17, 15) is 19.0 Å². The average molecular weight is 1090 g/mol. The van der Waals surface area contributed by atoms with Gasteiger partial charge in [0.25, 0.3) is 7.82 Å². The lowest BCUT2D eigenvalue weighted by Gasteiger charge is -2.28. The van der Waals surface area contributed by atoms with Crippen LogP contribution in [0.3, 0.4) is 0 Å². The van der Waals surface area contributed by atoms with E-state index in [1.54, 1.807) is 0 Å². The lowest BCUT2D eigenvalue weighted by Crippen LogP contribution is -2.37. The van der Waals surface area contributed by atoms with Gasteiger partial charge in [0.1, 0.15) is 19.8 Å². The zero-order chi connectivity index (χ0) is 55.6. The molecule has 76 heavy (non-hydrogen) atoms. The number of carbonyl (C=O) groups is 2. The van der Waals surface area contributed by atoms with Gasteiger partial charge >= 0.3 is 11.9 Å². The minimum absolute atomic E-state index is 0.0286. The number of carbonyl (C=O) groups excluding carboxylic acids is 2. The van der Waals surface area contributed by atoms with Crippen LogP contribution in [0.5, 0.6) is 0 Å². The largest absolute Gasteiger partial charge is 0.756 e. The molecule has 0 bridgehead atoms. The average Bonchev–Trinajstić information content (AvgIpc) is 3.38. The van der Waals surface area contributed by atoms with E-state index >= 15 is 0 Å². The number of esters is 2. The smallest absolute Gasteiger partial charge is 0.306 e. The number of likely N-dealkylation sites (N-methyl/N-ethyl adjacent to an activating group) is 1. The summed E-state index contributed by atoms with van der Waals surface area (Å²) in [5, 5.41) is 0. The Balaban J connectivity index is 4.06. The van der Waals surface area contributed by atoms with Gasteiger partial charge in [-0.25, -0.2) is 0 Å². The third kappa shape index (κ3) is 61.4. The molecule has 0 aliphatic carbocycles. The van der Waals surface area contributed by atoms with Crippen LogP contribution < -0.4 is 4.89 Å². The number of hydrogen-bond acceptors (Lipinski definition) is 8. The molecule has 0 aromatic rings. The fraction of sp³-hybridized carbons (Fsp3) is 0.879. The Labute approximate surface area is 471 Å². The molecule has 10 heteroatoms. The molecular weight excluding hydrogens is 966 g/mol. The molecule has 0 saturated heterocycles. The number of hydrogen-bond donors (Lipinski definition) is 0. The maximum Gasteiger partial charge on any atom is 0.306 e. The van der Waals surface area contributed by atoms with Crippen molar-refractivity contribution < 1.29 is 42.1 Å². The number of allylic oxidation sites excluding steroid dienone is 6. The molecule has 0 saturated carbocycles. The van der Waals surface area contributed by atoms with Gasteiger partial charge in [-0.05, 0) is 51.4 Å². The quantitative estimate of drug-likeness (QED) is 0.0195. The monoisotopic (exact) mass is 1090 g/mol. The van der Waals surface area contributed by atoms with Gasteiger partial charge < -0.3 is 27.9 Å². The molecule has 0 N–H and O–H groups in total. The van der Waals surface area contributed by atoms with Gasteiger partial charge in [0.2, 0.25) is 0 Å². The first kappa shape index (κ1) is 74.2. The molecular formula is C66H126NO8P. The summed E-state index contributed by atoms with van der Waals surface area (Å²) >= 11 is 0. The van der Waals surface area contributed by atoms with Crippen molar-refractivity contribution in [2.45, 2.75) is 328 Å². The first-order valence-corrected chi connectivity index (χ1v) is 34.2. The zero-order valence-electron chi connectivity index (χ0n) is 51.0. The van der Waals surface area contributed by atoms with Crippen molar-refractivity contribution in [3.8, 4) is 0 Å². The van der Waals surface area contributed by atoms with Crippen LogP contribution in [0, 0.1) is 0 Å². The fourth-order valence-electron chi connectivity index (χ4n) is 9.61. The maximum atomic E-state index is 12.8. The SMILES string of the molecule is CCCCCCC/C=C\C/C=C\C/C=C\CCCCCCCCCCCCCCCCC(=O)OC(COC(=O)CCCCCCCCCCCCCCCCCCCCCCCCC)COP(=O)([O-])OCC[N+](C)(C)C. The van der Waals surface area contributed by atoms with E-state index in [0.29, 0.717) is 17.4 Å². The fourth-order valence-corrected chi connectivity index (χ4v) is 10.3. The third-order valence-electron chi connectivity index (χ3n) is 14.7. The molecule has 0 aliphatic rings. The van der Waals surface area contributed by atoms with E-state index in [2.05, 4.69) is 50.3 Å². The molecule has 0 aromatic heterocycles. The molecule has 2 unspecified atom stereocenters. The Morgan fingerprint density at radius 3 is 1.05 bits per heavy atom. The summed E-state index contributed by atoms with van der Waals surface area (Å²) in [6.07, 6.45) is 72.1. The van der Waals surface area contributed by atoms with Gasteiger partial charge in [-0.3, -0.25) is 14.2 Å². The zero-order valence-corrected chi connectivity index (χ0v) is 51.9. The van der Waals surface area contributed by atoms with Crippen molar-refractivity contribution in [1.29, 1.82) is 0 Å². The lowest BCUT2D eigenvalue weighted by molar-refractivity contribution is -0.870. The first-order valence-electron chi connectivity index (χ1n) is 32.7. The van der Waals surface area contributed by atoms with Crippen molar-refractivity contribution in [2.75, 3.05) is 47.5 Å². The first-order chi connectivity index (χ1) is 37.0. The van der Waals surface area contributed by atoms with Crippen LogP contribution in [0.1, 0.15) is 322 Å². The standard InChI is InChI=1S/C66H126NO8P/c1-6-8-10-12-14-16-18-20-22-24-26-28-30-31-32-33-34-35-37-39-41-43-45-47-49-51-53-55-57-59-66(69)75-64(63-74-76(70,71)73-61-60-67(3,4)5)62-72-65(68)58-56-54-52-50-48-46-44-42-40-38-36-29-27-25-23-21-19-17-15-13-11-9-7-2/h18,20,24,26,30-31,64H,6-17,19,21-23,25,27-29,32-63H2,1-5H3/b20-18-,26-24-,31-30-. The molecule has 0 rings (SSSR count). The van der Waals surface area contributed by atoms with Gasteiger partial charge in [-0.15, -0.1) is 0 Å². The molecule has 0 amide bonds. The number of nitrogens with zero attached hydrogens (tertiary/aromatic N) is 1. The predicted octanol–water partition coefficient (Wildman–Crippen LogP) is 20.1. The summed E-state index contributed by atoms with van der Waals surface area (Å²) in [5.74, 6) is -0.816. The Kier molecular flexibility index (Phi) is 56.6. The topological polar surface area (TPSA) is 111 Å². The number of phosphoric ester groups is 1. The van der Waals surface area contributed by atoms with Crippen LogP contribution >= 0.6 is 7.82 Å². The highest BCUT2D eigenvalue weighted by Gasteiger charge is 2.22. The second-order valence-electron chi connectivity index (χ2n) is 23.5. The summed E-state index contributed by atoms with van der Waals surface area (Å²) < 4.78 is 34.3. The minimum atomic E-state index is -4.64. The van der Waals surface area contributed by atoms with Crippen LogP contribution in [-0.2, 0) is 32.7 Å². The second kappa shape index (κ2) is 57.9. The number of quaternary nitrogens is 1. The molecule has 448 valence electrons. The summed E-state index contributed by atoms with van der Waals surface area (Å²) in [4.78, 5) is 38.0. The van der Waals surface area contributed by atoms with Crippen LogP contribution in [-0.4, -0.2) is 70.0 Å². The van der Waals surface area contributed by atoms with Crippen molar-refractivity contribution in [1.82, 2.24) is 0 Å². The maximum absolute atomic E-state index is 12.8. The Morgan fingerprint density at radius 2 is 0.711 bits per heavy atom. The van der Waals surface area contributed by atoms with E-state index in [-0.39, 0.29) is 32.0 Å². The summed E-state index contributed by atoms with van der Waals surface area (Å²) in [6, 6.07) is 0. The molecule has 0 radical (unpaired) electrons. The second-order valence-corrected chi connectivity index (χ2v) is 24.9. The Hall–Kier alpha value is -1.77. The third-order valence-corrected chi connectivity index (χ3v) is 15.6. The van der Waals surface area contributed by atoms with Gasteiger partial charge in [0.15, 0.2) is 6.10 Å². The van der Waals surface area contributed by atoms with E-state index in [4.69, 9.17) is 18.5 Å². The van der Waals surface area contributed by atoms with E-state index in [1.165, 1.54) is 238 Å². The molecule has 0 spiro atoms. The van der Waals surface area contributed by atoms with Gasteiger partial charge in [0.05, 0.1) is 27.7 Å². The summed E-state index contributed by atoms with van der Waals surface area (Å²) in [5.41, 5.74) is 0.